The number of fused-ring (bicyclic) bond motifs is 1. The van der Waals surface area contributed by atoms with Crippen LogP contribution in [0.4, 0.5) is 0 Å². The molecule has 1 aliphatic heterocycles. The van der Waals surface area contributed by atoms with E-state index < -0.39 is 0 Å². The van der Waals surface area contributed by atoms with E-state index in [9.17, 15) is 9.90 Å². The first-order valence-electron chi connectivity index (χ1n) is 5.81. The Morgan fingerprint density at radius 3 is 3.00 bits per heavy atom. The van der Waals surface area contributed by atoms with Gasteiger partial charge in [-0.25, -0.2) is 4.79 Å². The normalized spacial score (nSPS) is 48.3. The average Bonchev–Trinajstić information content (AvgIpc) is 2.88. The number of rotatable bonds is 3. The Hall–Kier alpha value is -0.870. The maximum Gasteiger partial charge on any atom is 0.330 e. The van der Waals surface area contributed by atoms with E-state index in [0.717, 1.165) is 6.42 Å². The fraction of sp³-hybridized carbons (Fsp3) is 0.750. The fourth-order valence-electron chi connectivity index (χ4n) is 3.84. The standard InChI is InChI=1S/C12H16O4/c1-2-10(14)16-12-6-3-7-9(8(6)4-13)5-15-11(7)12/h2,6-9,11-13H,1,3-5H2. The van der Waals surface area contributed by atoms with Gasteiger partial charge in [-0.05, 0) is 24.2 Å². The third-order valence-electron chi connectivity index (χ3n) is 4.47. The molecule has 3 fully saturated rings. The van der Waals surface area contributed by atoms with Crippen molar-refractivity contribution in [1.82, 2.24) is 0 Å². The predicted octanol–water partition coefficient (Wildman–Crippen LogP) is 0.357. The zero-order valence-electron chi connectivity index (χ0n) is 9.04. The predicted molar refractivity (Wildman–Crippen MR) is 55.5 cm³/mol. The van der Waals surface area contributed by atoms with Crippen molar-refractivity contribution in [3.8, 4) is 0 Å². The van der Waals surface area contributed by atoms with Crippen LogP contribution in [0, 0.1) is 23.7 Å². The van der Waals surface area contributed by atoms with Gasteiger partial charge in [0.25, 0.3) is 0 Å². The molecule has 1 saturated heterocycles. The van der Waals surface area contributed by atoms with Gasteiger partial charge in [0, 0.05) is 18.6 Å². The molecule has 2 saturated carbocycles. The molecule has 3 rings (SSSR count). The molecular weight excluding hydrogens is 208 g/mol. The first-order valence-corrected chi connectivity index (χ1v) is 5.81. The Bertz CT molecular complexity index is 327. The van der Waals surface area contributed by atoms with Crippen LogP contribution in [0.25, 0.3) is 0 Å². The maximum atomic E-state index is 11.3. The molecule has 1 heterocycles. The molecule has 0 aromatic heterocycles. The summed E-state index contributed by atoms with van der Waals surface area (Å²) in [5, 5.41) is 9.40. The second-order valence-electron chi connectivity index (χ2n) is 4.98. The van der Waals surface area contributed by atoms with Crippen LogP contribution in [0.2, 0.25) is 0 Å². The van der Waals surface area contributed by atoms with Crippen molar-refractivity contribution in [2.45, 2.75) is 18.6 Å². The second kappa shape index (κ2) is 3.57. The molecule has 0 aromatic carbocycles. The van der Waals surface area contributed by atoms with Crippen molar-refractivity contribution < 1.29 is 19.4 Å². The third-order valence-corrected chi connectivity index (χ3v) is 4.47. The van der Waals surface area contributed by atoms with E-state index >= 15 is 0 Å². The zero-order chi connectivity index (χ0) is 11.3. The van der Waals surface area contributed by atoms with E-state index in [1.165, 1.54) is 6.08 Å². The van der Waals surface area contributed by atoms with Crippen LogP contribution >= 0.6 is 0 Å². The van der Waals surface area contributed by atoms with Crippen LogP contribution in [0.3, 0.4) is 0 Å². The van der Waals surface area contributed by atoms with Crippen molar-refractivity contribution in [1.29, 1.82) is 0 Å². The summed E-state index contributed by atoms with van der Waals surface area (Å²) in [5.74, 6) is 1.08. The van der Waals surface area contributed by atoms with E-state index in [0.29, 0.717) is 18.4 Å². The molecular formula is C12H16O4. The first kappa shape index (κ1) is 10.3. The Balaban J connectivity index is 1.81. The van der Waals surface area contributed by atoms with E-state index in [-0.39, 0.29) is 36.6 Å². The summed E-state index contributed by atoms with van der Waals surface area (Å²) in [5.41, 5.74) is 0. The van der Waals surface area contributed by atoms with Crippen molar-refractivity contribution in [2.24, 2.45) is 23.7 Å². The Labute approximate surface area is 94.2 Å². The topological polar surface area (TPSA) is 55.8 Å². The monoisotopic (exact) mass is 224 g/mol. The molecule has 0 spiro atoms. The summed E-state index contributed by atoms with van der Waals surface area (Å²) in [4.78, 5) is 11.3. The fourth-order valence-corrected chi connectivity index (χ4v) is 3.84. The molecule has 6 unspecified atom stereocenters. The minimum Gasteiger partial charge on any atom is -0.456 e. The molecule has 0 radical (unpaired) electrons. The van der Waals surface area contributed by atoms with Gasteiger partial charge in [-0.1, -0.05) is 6.58 Å². The summed E-state index contributed by atoms with van der Waals surface area (Å²) < 4.78 is 11.1. The molecule has 2 bridgehead atoms. The van der Waals surface area contributed by atoms with Gasteiger partial charge < -0.3 is 14.6 Å². The van der Waals surface area contributed by atoms with E-state index in [4.69, 9.17) is 9.47 Å². The first-order chi connectivity index (χ1) is 7.76. The molecule has 88 valence electrons. The van der Waals surface area contributed by atoms with Crippen molar-refractivity contribution >= 4 is 5.97 Å². The number of hydrogen-bond acceptors (Lipinski definition) is 4. The molecule has 0 amide bonds. The van der Waals surface area contributed by atoms with Crippen LogP contribution in [-0.4, -0.2) is 36.5 Å². The zero-order valence-corrected chi connectivity index (χ0v) is 9.04. The van der Waals surface area contributed by atoms with Gasteiger partial charge >= 0.3 is 5.97 Å². The van der Waals surface area contributed by atoms with Crippen molar-refractivity contribution in [3.63, 3.8) is 0 Å². The SMILES string of the molecule is C=CC(=O)OC1C2CC3C(COC31)C2CO. The van der Waals surface area contributed by atoms with Crippen molar-refractivity contribution in [2.75, 3.05) is 13.2 Å². The average molecular weight is 224 g/mol. The van der Waals surface area contributed by atoms with Crippen LogP contribution in [0.5, 0.6) is 0 Å². The number of hydrogen-bond donors (Lipinski definition) is 1. The van der Waals surface area contributed by atoms with E-state index in [1.807, 2.05) is 0 Å². The summed E-state index contributed by atoms with van der Waals surface area (Å²) in [7, 11) is 0. The largest absolute Gasteiger partial charge is 0.456 e. The minimum absolute atomic E-state index is 0.0571. The molecule has 4 heteroatoms. The quantitative estimate of drug-likeness (QED) is 0.555. The molecule has 4 nitrogen and oxygen atoms in total. The molecule has 6 atom stereocenters. The van der Waals surface area contributed by atoms with E-state index in [1.54, 1.807) is 0 Å². The molecule has 1 N–H and O–H groups in total. The number of esters is 1. The van der Waals surface area contributed by atoms with Gasteiger partial charge in [0.05, 0.1) is 12.7 Å². The van der Waals surface area contributed by atoms with Crippen LogP contribution in [0.1, 0.15) is 6.42 Å². The lowest BCUT2D eigenvalue weighted by molar-refractivity contribution is -0.153. The number of aliphatic hydroxyl groups is 1. The Morgan fingerprint density at radius 1 is 1.50 bits per heavy atom. The van der Waals surface area contributed by atoms with Gasteiger partial charge in [0.2, 0.25) is 0 Å². The van der Waals surface area contributed by atoms with Crippen LogP contribution in [-0.2, 0) is 14.3 Å². The smallest absolute Gasteiger partial charge is 0.330 e. The molecule has 0 aromatic rings. The number of carbonyl (C=O) groups excluding carboxylic acids is 1. The van der Waals surface area contributed by atoms with Crippen molar-refractivity contribution in [3.05, 3.63) is 12.7 Å². The summed E-state index contributed by atoms with van der Waals surface area (Å²) in [6, 6.07) is 0. The second-order valence-corrected chi connectivity index (χ2v) is 4.98. The minimum atomic E-state index is -0.388. The van der Waals surface area contributed by atoms with Gasteiger partial charge in [0.1, 0.15) is 6.10 Å². The molecule has 2 aliphatic carbocycles. The number of carbonyl (C=O) groups is 1. The maximum absolute atomic E-state index is 11.3. The highest BCUT2D eigenvalue weighted by atomic mass is 16.6. The van der Waals surface area contributed by atoms with Gasteiger partial charge in [0.15, 0.2) is 0 Å². The number of ether oxygens (including phenoxy) is 2. The highest BCUT2D eigenvalue weighted by Crippen LogP contribution is 2.57. The van der Waals surface area contributed by atoms with Crippen LogP contribution < -0.4 is 0 Å². The molecule has 16 heavy (non-hydrogen) atoms. The summed E-state index contributed by atoms with van der Waals surface area (Å²) in [6.45, 7) is 4.28. The van der Waals surface area contributed by atoms with Gasteiger partial charge in [-0.15, -0.1) is 0 Å². The highest BCUT2D eigenvalue weighted by Gasteiger charge is 2.63. The summed E-state index contributed by atoms with van der Waals surface area (Å²) in [6.07, 6.45) is 2.09. The van der Waals surface area contributed by atoms with Crippen LogP contribution in [0.15, 0.2) is 12.7 Å². The van der Waals surface area contributed by atoms with E-state index in [2.05, 4.69) is 6.58 Å². The summed E-state index contributed by atoms with van der Waals surface area (Å²) >= 11 is 0. The highest BCUT2D eigenvalue weighted by molar-refractivity contribution is 5.81. The Morgan fingerprint density at radius 2 is 2.31 bits per heavy atom. The lowest BCUT2D eigenvalue weighted by Crippen LogP contribution is -2.41. The Kier molecular flexibility index (Phi) is 2.30. The number of aliphatic hydroxyl groups excluding tert-OH is 1. The molecule has 3 aliphatic rings. The third kappa shape index (κ3) is 1.20. The lowest BCUT2D eigenvalue weighted by Gasteiger charge is -2.31. The van der Waals surface area contributed by atoms with Gasteiger partial charge in [-0.3, -0.25) is 0 Å². The van der Waals surface area contributed by atoms with Gasteiger partial charge in [-0.2, -0.15) is 0 Å². The lowest BCUT2D eigenvalue weighted by atomic mass is 9.79.